The molecule has 1 aromatic heterocycles. The second kappa shape index (κ2) is 2.17. The molecule has 1 heterocycles. The number of aryl methyl sites for hydroxylation is 1. The van der Waals surface area contributed by atoms with Gasteiger partial charge < -0.3 is 15.9 Å². The van der Waals surface area contributed by atoms with E-state index in [1.54, 1.807) is 0 Å². The van der Waals surface area contributed by atoms with E-state index in [2.05, 4.69) is 0 Å². The summed E-state index contributed by atoms with van der Waals surface area (Å²) in [7, 11) is 0. The first kappa shape index (κ1) is 7.03. The zero-order valence-electron chi connectivity index (χ0n) is 6.79. The molecule has 0 spiro atoms. The molecule has 0 saturated heterocycles. The molecule has 0 saturated carbocycles. The van der Waals surface area contributed by atoms with Gasteiger partial charge in [-0.05, 0) is 19.1 Å². The Labute approximate surface area is 70.0 Å². The molecule has 0 radical (unpaired) electrons. The van der Waals surface area contributed by atoms with Gasteiger partial charge in [0.2, 0.25) is 0 Å². The molecule has 0 unspecified atom stereocenters. The third kappa shape index (κ3) is 0.763. The van der Waals surface area contributed by atoms with Gasteiger partial charge in [-0.3, -0.25) is 0 Å². The summed E-state index contributed by atoms with van der Waals surface area (Å²) in [6.07, 6.45) is 0. The van der Waals surface area contributed by atoms with Crippen LogP contribution in [0.5, 0.6) is 0 Å². The summed E-state index contributed by atoms with van der Waals surface area (Å²) in [5.41, 5.74) is 13.6. The van der Waals surface area contributed by atoms with Crippen molar-refractivity contribution in [2.24, 2.45) is 0 Å². The van der Waals surface area contributed by atoms with E-state index in [-0.39, 0.29) is 0 Å². The predicted octanol–water partition coefficient (Wildman–Crippen LogP) is 1.91. The maximum atomic E-state index is 5.77. The standard InChI is InChI=1S/C9H10N2O/c1-5-9(11)8-6(10)3-2-4-7(8)12-5/h2-4H,10-11H2,1H3. The van der Waals surface area contributed by atoms with Crippen molar-refractivity contribution in [3.8, 4) is 0 Å². The number of nitrogen functional groups attached to an aromatic ring is 2. The molecule has 62 valence electrons. The van der Waals surface area contributed by atoms with E-state index >= 15 is 0 Å². The number of nitrogens with two attached hydrogens (primary N) is 2. The van der Waals surface area contributed by atoms with Crippen LogP contribution in [-0.4, -0.2) is 0 Å². The zero-order chi connectivity index (χ0) is 8.72. The molecule has 3 heteroatoms. The van der Waals surface area contributed by atoms with Crippen LogP contribution in [0.4, 0.5) is 11.4 Å². The van der Waals surface area contributed by atoms with E-state index in [0.29, 0.717) is 11.4 Å². The lowest BCUT2D eigenvalue weighted by atomic mass is 10.2. The van der Waals surface area contributed by atoms with Gasteiger partial charge >= 0.3 is 0 Å². The Morgan fingerprint density at radius 2 is 2.00 bits per heavy atom. The highest BCUT2D eigenvalue weighted by molar-refractivity contribution is 6.00. The first-order valence-corrected chi connectivity index (χ1v) is 3.73. The summed E-state index contributed by atoms with van der Waals surface area (Å²) >= 11 is 0. The summed E-state index contributed by atoms with van der Waals surface area (Å²) in [5.74, 6) is 0.725. The van der Waals surface area contributed by atoms with E-state index in [1.165, 1.54) is 0 Å². The topological polar surface area (TPSA) is 65.2 Å². The molecule has 0 bridgehead atoms. The number of furan rings is 1. The molecule has 0 amide bonds. The monoisotopic (exact) mass is 162 g/mol. The number of fused-ring (bicyclic) bond motifs is 1. The van der Waals surface area contributed by atoms with Crippen molar-refractivity contribution in [2.75, 3.05) is 11.5 Å². The average Bonchev–Trinajstić information content (AvgIpc) is 2.29. The summed E-state index contributed by atoms with van der Waals surface area (Å²) in [5, 5.41) is 0.829. The van der Waals surface area contributed by atoms with Crippen molar-refractivity contribution in [1.29, 1.82) is 0 Å². The molecule has 12 heavy (non-hydrogen) atoms. The van der Waals surface area contributed by atoms with Crippen molar-refractivity contribution in [1.82, 2.24) is 0 Å². The van der Waals surface area contributed by atoms with Crippen LogP contribution in [0.3, 0.4) is 0 Å². The number of hydrogen-bond acceptors (Lipinski definition) is 3. The van der Waals surface area contributed by atoms with Gasteiger partial charge in [-0.15, -0.1) is 0 Å². The van der Waals surface area contributed by atoms with Gasteiger partial charge in [0, 0.05) is 5.69 Å². The Hall–Kier alpha value is -1.64. The Bertz CT molecular complexity index is 431. The van der Waals surface area contributed by atoms with Gasteiger partial charge in [-0.1, -0.05) is 6.07 Å². The minimum atomic E-state index is 0.642. The van der Waals surface area contributed by atoms with Crippen molar-refractivity contribution >= 4 is 22.3 Å². The van der Waals surface area contributed by atoms with Crippen molar-refractivity contribution in [2.45, 2.75) is 6.92 Å². The van der Waals surface area contributed by atoms with Crippen LogP contribution in [-0.2, 0) is 0 Å². The summed E-state index contributed by atoms with van der Waals surface area (Å²) < 4.78 is 5.37. The smallest absolute Gasteiger partial charge is 0.138 e. The van der Waals surface area contributed by atoms with Gasteiger partial charge in [0.1, 0.15) is 11.3 Å². The molecule has 0 aliphatic heterocycles. The highest BCUT2D eigenvalue weighted by atomic mass is 16.3. The summed E-state index contributed by atoms with van der Waals surface area (Å²) in [6, 6.07) is 5.52. The van der Waals surface area contributed by atoms with E-state index < -0.39 is 0 Å². The van der Waals surface area contributed by atoms with E-state index in [9.17, 15) is 0 Å². The number of rotatable bonds is 0. The van der Waals surface area contributed by atoms with Crippen molar-refractivity contribution in [3.63, 3.8) is 0 Å². The largest absolute Gasteiger partial charge is 0.459 e. The van der Waals surface area contributed by atoms with Gasteiger partial charge in [-0.25, -0.2) is 0 Å². The molecule has 2 aromatic rings. The summed E-state index contributed by atoms with van der Waals surface area (Å²) in [4.78, 5) is 0. The van der Waals surface area contributed by atoms with Crippen LogP contribution in [0.2, 0.25) is 0 Å². The molecule has 3 nitrogen and oxygen atoms in total. The van der Waals surface area contributed by atoms with Crippen LogP contribution in [0, 0.1) is 6.92 Å². The highest BCUT2D eigenvalue weighted by Crippen LogP contribution is 2.31. The third-order valence-electron chi connectivity index (χ3n) is 1.97. The molecule has 0 aliphatic rings. The predicted molar refractivity (Wildman–Crippen MR) is 49.8 cm³/mol. The third-order valence-corrected chi connectivity index (χ3v) is 1.97. The normalized spacial score (nSPS) is 10.8. The lowest BCUT2D eigenvalue weighted by Gasteiger charge is -1.94. The highest BCUT2D eigenvalue weighted by Gasteiger charge is 2.08. The lowest BCUT2D eigenvalue weighted by Crippen LogP contribution is -1.89. The molecule has 0 aliphatic carbocycles. The molecule has 0 fully saturated rings. The fourth-order valence-corrected chi connectivity index (χ4v) is 1.32. The van der Waals surface area contributed by atoms with Crippen LogP contribution in [0.25, 0.3) is 11.0 Å². The first-order valence-electron chi connectivity index (χ1n) is 3.73. The van der Waals surface area contributed by atoms with Crippen LogP contribution in [0.1, 0.15) is 5.76 Å². The maximum Gasteiger partial charge on any atom is 0.138 e. The van der Waals surface area contributed by atoms with Crippen molar-refractivity contribution in [3.05, 3.63) is 24.0 Å². The SMILES string of the molecule is Cc1oc2cccc(N)c2c1N. The lowest BCUT2D eigenvalue weighted by molar-refractivity contribution is 0.580. The Kier molecular flexibility index (Phi) is 1.27. The second-order valence-electron chi connectivity index (χ2n) is 2.79. The molecular weight excluding hydrogens is 152 g/mol. The minimum absolute atomic E-state index is 0.642. The van der Waals surface area contributed by atoms with Gasteiger partial charge in [0.15, 0.2) is 0 Å². The van der Waals surface area contributed by atoms with Crippen LogP contribution >= 0.6 is 0 Å². The molecule has 0 atom stereocenters. The zero-order valence-corrected chi connectivity index (χ0v) is 6.79. The fourth-order valence-electron chi connectivity index (χ4n) is 1.32. The number of anilines is 2. The first-order chi connectivity index (χ1) is 5.70. The molecule has 1 aromatic carbocycles. The molecule has 4 N–H and O–H groups in total. The number of hydrogen-bond donors (Lipinski definition) is 2. The Morgan fingerprint density at radius 3 is 2.67 bits per heavy atom. The average molecular weight is 162 g/mol. The maximum absolute atomic E-state index is 5.77. The molecular formula is C9H10N2O. The molecule has 2 rings (SSSR count). The van der Waals surface area contributed by atoms with Crippen LogP contribution in [0.15, 0.2) is 22.6 Å². The van der Waals surface area contributed by atoms with Crippen molar-refractivity contribution < 1.29 is 4.42 Å². The Morgan fingerprint density at radius 1 is 1.25 bits per heavy atom. The van der Waals surface area contributed by atoms with Gasteiger partial charge in [-0.2, -0.15) is 0 Å². The fraction of sp³-hybridized carbons (Fsp3) is 0.111. The second-order valence-corrected chi connectivity index (χ2v) is 2.79. The summed E-state index contributed by atoms with van der Waals surface area (Å²) in [6.45, 7) is 1.83. The van der Waals surface area contributed by atoms with E-state index in [1.807, 2.05) is 25.1 Å². The van der Waals surface area contributed by atoms with E-state index in [0.717, 1.165) is 16.7 Å². The quantitative estimate of drug-likeness (QED) is 0.581. The van der Waals surface area contributed by atoms with Gasteiger partial charge in [0.05, 0.1) is 11.1 Å². The minimum Gasteiger partial charge on any atom is -0.459 e. The van der Waals surface area contributed by atoms with Crippen LogP contribution < -0.4 is 11.5 Å². The Balaban J connectivity index is 2.97. The number of benzene rings is 1. The van der Waals surface area contributed by atoms with Gasteiger partial charge in [0.25, 0.3) is 0 Å². The van der Waals surface area contributed by atoms with E-state index in [4.69, 9.17) is 15.9 Å².